The van der Waals surface area contributed by atoms with Gasteiger partial charge in [0.1, 0.15) is 5.75 Å². The lowest BCUT2D eigenvalue weighted by Crippen LogP contribution is -2.31. The fourth-order valence-corrected chi connectivity index (χ4v) is 3.60. The number of carbonyl (C=O) groups is 2. The van der Waals surface area contributed by atoms with Gasteiger partial charge in [-0.2, -0.15) is 0 Å². The Labute approximate surface area is 142 Å². The van der Waals surface area contributed by atoms with Crippen molar-refractivity contribution in [2.24, 2.45) is 11.3 Å². The first-order valence-electron chi connectivity index (χ1n) is 8.38. The van der Waals surface area contributed by atoms with E-state index in [9.17, 15) is 9.59 Å². The highest BCUT2D eigenvalue weighted by Crippen LogP contribution is 2.58. The SMILES string of the molecule is COc1cc(C(=O)N(C)C)ccc1NC(=O)C1CC12CCNCC2. The number of hydrogen-bond acceptors (Lipinski definition) is 4. The molecule has 3 rings (SSSR count). The summed E-state index contributed by atoms with van der Waals surface area (Å²) in [6.07, 6.45) is 3.11. The van der Waals surface area contributed by atoms with E-state index in [0.29, 0.717) is 17.0 Å². The van der Waals surface area contributed by atoms with Gasteiger partial charge < -0.3 is 20.3 Å². The Morgan fingerprint density at radius 2 is 2.00 bits per heavy atom. The Balaban J connectivity index is 1.71. The van der Waals surface area contributed by atoms with E-state index in [0.717, 1.165) is 32.4 Å². The number of benzene rings is 1. The van der Waals surface area contributed by atoms with Crippen molar-refractivity contribution in [2.45, 2.75) is 19.3 Å². The molecule has 2 N–H and O–H groups in total. The minimum absolute atomic E-state index is 0.0573. The number of nitrogens with one attached hydrogen (secondary N) is 2. The van der Waals surface area contributed by atoms with Crippen LogP contribution in [-0.4, -0.2) is 51.0 Å². The van der Waals surface area contributed by atoms with E-state index in [4.69, 9.17) is 4.74 Å². The van der Waals surface area contributed by atoms with E-state index >= 15 is 0 Å². The second kappa shape index (κ2) is 6.43. The molecule has 1 spiro atoms. The molecule has 6 nitrogen and oxygen atoms in total. The van der Waals surface area contributed by atoms with Gasteiger partial charge >= 0.3 is 0 Å². The number of carbonyl (C=O) groups excluding carboxylic acids is 2. The Morgan fingerprint density at radius 3 is 2.62 bits per heavy atom. The van der Waals surface area contributed by atoms with Crippen molar-refractivity contribution in [2.75, 3.05) is 39.6 Å². The fraction of sp³-hybridized carbons (Fsp3) is 0.556. The van der Waals surface area contributed by atoms with Crippen molar-refractivity contribution in [1.29, 1.82) is 0 Å². The summed E-state index contributed by atoms with van der Waals surface area (Å²) in [4.78, 5) is 26.1. The van der Waals surface area contributed by atoms with Crippen molar-refractivity contribution >= 4 is 17.5 Å². The molecule has 2 fully saturated rings. The van der Waals surface area contributed by atoms with Gasteiger partial charge in [0.15, 0.2) is 0 Å². The number of amides is 2. The van der Waals surface area contributed by atoms with Crippen molar-refractivity contribution in [3.05, 3.63) is 23.8 Å². The lowest BCUT2D eigenvalue weighted by atomic mass is 9.92. The number of methoxy groups -OCH3 is 1. The summed E-state index contributed by atoms with van der Waals surface area (Å²) in [5.41, 5.74) is 1.36. The molecule has 1 saturated heterocycles. The van der Waals surface area contributed by atoms with Gasteiger partial charge in [0.05, 0.1) is 12.8 Å². The fourth-order valence-electron chi connectivity index (χ4n) is 3.60. The van der Waals surface area contributed by atoms with Crippen LogP contribution in [0.15, 0.2) is 18.2 Å². The summed E-state index contributed by atoms with van der Waals surface area (Å²) >= 11 is 0. The number of ether oxygens (including phenoxy) is 1. The number of rotatable bonds is 4. The van der Waals surface area contributed by atoms with Crippen LogP contribution in [0.5, 0.6) is 5.75 Å². The largest absolute Gasteiger partial charge is 0.495 e. The van der Waals surface area contributed by atoms with Gasteiger partial charge in [0, 0.05) is 25.6 Å². The maximum Gasteiger partial charge on any atom is 0.253 e. The predicted molar refractivity (Wildman–Crippen MR) is 92.3 cm³/mol. The summed E-state index contributed by atoms with van der Waals surface area (Å²) in [5, 5.41) is 6.33. The molecule has 1 aliphatic heterocycles. The molecular weight excluding hydrogens is 306 g/mol. The molecule has 1 aromatic rings. The average Bonchev–Trinajstić information content (AvgIpc) is 3.28. The van der Waals surface area contributed by atoms with E-state index in [1.54, 1.807) is 39.4 Å². The third-order valence-electron chi connectivity index (χ3n) is 5.22. The van der Waals surface area contributed by atoms with Gasteiger partial charge in [-0.05, 0) is 56.0 Å². The molecule has 0 bridgehead atoms. The quantitative estimate of drug-likeness (QED) is 0.881. The molecule has 1 atom stereocenters. The first kappa shape index (κ1) is 16.8. The highest BCUT2D eigenvalue weighted by atomic mass is 16.5. The number of piperidine rings is 1. The Bertz CT molecular complexity index is 651. The van der Waals surface area contributed by atoms with Crippen LogP contribution in [0.2, 0.25) is 0 Å². The van der Waals surface area contributed by atoms with Crippen LogP contribution >= 0.6 is 0 Å². The molecule has 1 aliphatic carbocycles. The van der Waals surface area contributed by atoms with Crippen molar-refractivity contribution < 1.29 is 14.3 Å². The lowest BCUT2D eigenvalue weighted by molar-refractivity contribution is -0.118. The van der Waals surface area contributed by atoms with Gasteiger partial charge in [-0.15, -0.1) is 0 Å². The van der Waals surface area contributed by atoms with Crippen LogP contribution < -0.4 is 15.4 Å². The molecule has 2 amide bonds. The maximum atomic E-state index is 12.6. The van der Waals surface area contributed by atoms with Crippen molar-refractivity contribution in [3.8, 4) is 5.75 Å². The summed E-state index contributed by atoms with van der Waals surface area (Å²) < 4.78 is 5.36. The van der Waals surface area contributed by atoms with E-state index in [-0.39, 0.29) is 23.1 Å². The van der Waals surface area contributed by atoms with Crippen LogP contribution in [0.25, 0.3) is 0 Å². The topological polar surface area (TPSA) is 70.7 Å². The lowest BCUT2D eigenvalue weighted by Gasteiger charge is -2.23. The highest BCUT2D eigenvalue weighted by Gasteiger charge is 2.57. The van der Waals surface area contributed by atoms with Gasteiger partial charge in [-0.25, -0.2) is 0 Å². The standard InChI is InChI=1S/C18H25N3O3/c1-21(2)17(23)12-4-5-14(15(10-12)24-3)20-16(22)13-11-18(13)6-8-19-9-7-18/h4-5,10,13,19H,6-9,11H2,1-3H3,(H,20,22). The summed E-state index contributed by atoms with van der Waals surface area (Å²) in [6.45, 7) is 1.99. The molecule has 2 aliphatic rings. The van der Waals surface area contributed by atoms with Crippen molar-refractivity contribution in [1.82, 2.24) is 10.2 Å². The first-order valence-corrected chi connectivity index (χ1v) is 8.38. The van der Waals surface area contributed by atoms with Gasteiger partial charge in [-0.1, -0.05) is 0 Å². The normalized spacial score (nSPS) is 21.2. The third kappa shape index (κ3) is 3.11. The van der Waals surface area contributed by atoms with E-state index < -0.39 is 0 Å². The minimum atomic E-state index is -0.0953. The first-order chi connectivity index (χ1) is 11.5. The summed E-state index contributed by atoms with van der Waals surface area (Å²) in [5.74, 6) is 0.562. The maximum absolute atomic E-state index is 12.6. The van der Waals surface area contributed by atoms with Crippen molar-refractivity contribution in [3.63, 3.8) is 0 Å². The second-order valence-corrected chi connectivity index (χ2v) is 6.97. The molecule has 1 aromatic carbocycles. The van der Waals surface area contributed by atoms with Gasteiger partial charge in [0.25, 0.3) is 5.91 Å². The Hall–Kier alpha value is -2.08. The second-order valence-electron chi connectivity index (χ2n) is 6.97. The number of nitrogens with zero attached hydrogens (tertiary/aromatic N) is 1. The van der Waals surface area contributed by atoms with Crippen LogP contribution in [0, 0.1) is 11.3 Å². The number of anilines is 1. The smallest absolute Gasteiger partial charge is 0.253 e. The van der Waals surface area contributed by atoms with Crippen LogP contribution in [-0.2, 0) is 4.79 Å². The van der Waals surface area contributed by atoms with Crippen LogP contribution in [0.4, 0.5) is 5.69 Å². The third-order valence-corrected chi connectivity index (χ3v) is 5.22. The monoisotopic (exact) mass is 331 g/mol. The zero-order chi connectivity index (χ0) is 17.3. The van der Waals surface area contributed by atoms with Crippen LogP contribution in [0.3, 0.4) is 0 Å². The zero-order valence-electron chi connectivity index (χ0n) is 14.5. The molecule has 1 unspecified atom stereocenters. The van der Waals surface area contributed by atoms with E-state index in [2.05, 4.69) is 10.6 Å². The molecular formula is C18H25N3O3. The van der Waals surface area contributed by atoms with Gasteiger partial charge in [-0.3, -0.25) is 9.59 Å². The van der Waals surface area contributed by atoms with Gasteiger partial charge in [0.2, 0.25) is 5.91 Å². The van der Waals surface area contributed by atoms with E-state index in [1.807, 2.05) is 0 Å². The molecule has 1 heterocycles. The predicted octanol–water partition coefficient (Wildman–Crippen LogP) is 1.73. The Kier molecular flexibility index (Phi) is 4.49. The highest BCUT2D eigenvalue weighted by molar-refractivity contribution is 5.98. The minimum Gasteiger partial charge on any atom is -0.495 e. The summed E-state index contributed by atoms with van der Waals surface area (Å²) in [7, 11) is 4.95. The molecule has 0 aromatic heterocycles. The molecule has 24 heavy (non-hydrogen) atoms. The molecule has 6 heteroatoms. The molecule has 1 saturated carbocycles. The van der Waals surface area contributed by atoms with E-state index in [1.165, 1.54) is 4.90 Å². The summed E-state index contributed by atoms with van der Waals surface area (Å²) in [6, 6.07) is 5.13. The zero-order valence-corrected chi connectivity index (χ0v) is 14.5. The Morgan fingerprint density at radius 1 is 1.29 bits per heavy atom. The molecule has 130 valence electrons. The molecule has 0 radical (unpaired) electrons. The van der Waals surface area contributed by atoms with Crippen LogP contribution in [0.1, 0.15) is 29.6 Å². The average molecular weight is 331 g/mol. The number of hydrogen-bond donors (Lipinski definition) is 2.